The monoisotopic (exact) mass is 279 g/mol. The molecule has 0 unspecified atom stereocenters. The van der Waals surface area contributed by atoms with Crippen molar-refractivity contribution in [1.29, 1.82) is 0 Å². The molecule has 5 heteroatoms. The van der Waals surface area contributed by atoms with Crippen LogP contribution in [0.3, 0.4) is 0 Å². The van der Waals surface area contributed by atoms with E-state index in [1.807, 2.05) is 62.3 Å². The van der Waals surface area contributed by atoms with Crippen LogP contribution in [0.1, 0.15) is 62.3 Å². The van der Waals surface area contributed by atoms with Gasteiger partial charge >= 0.3 is 7.95 Å². The molecular formula is C12H27O3SSi-. The first kappa shape index (κ1) is 17.4. The predicted octanol–water partition coefficient (Wildman–Crippen LogP) is 3.41. The van der Waals surface area contributed by atoms with Gasteiger partial charge in [-0.2, -0.15) is 0 Å². The van der Waals surface area contributed by atoms with Gasteiger partial charge < -0.3 is 25.4 Å². The molecule has 3 nitrogen and oxygen atoms in total. The third-order valence-corrected chi connectivity index (χ3v) is 4.63. The van der Waals surface area contributed by atoms with E-state index in [4.69, 9.17) is 25.4 Å². The Balaban J connectivity index is 4.95. The Bertz CT molecular complexity index is 207. The van der Waals surface area contributed by atoms with Crippen LogP contribution in [0.2, 0.25) is 0 Å². The molecule has 0 saturated carbocycles. The minimum Gasteiger partial charge on any atom is -0.708 e. The summed E-state index contributed by atoms with van der Waals surface area (Å²) in [6.07, 6.45) is 0. The van der Waals surface area contributed by atoms with Crippen molar-refractivity contribution in [1.82, 2.24) is 0 Å². The van der Waals surface area contributed by atoms with Gasteiger partial charge in [-0.3, -0.25) is 0 Å². The highest BCUT2D eigenvalue weighted by Gasteiger charge is 2.36. The first-order chi connectivity index (χ1) is 7.12. The first-order valence-corrected chi connectivity index (χ1v) is 8.79. The molecule has 0 bridgehead atoms. The van der Waals surface area contributed by atoms with E-state index >= 15 is 0 Å². The van der Waals surface area contributed by atoms with Crippen molar-refractivity contribution in [2.24, 2.45) is 0 Å². The Morgan fingerprint density at radius 1 is 0.588 bits per heavy atom. The molecule has 0 atom stereocenters. The van der Waals surface area contributed by atoms with E-state index in [0.29, 0.717) is 0 Å². The van der Waals surface area contributed by atoms with Crippen molar-refractivity contribution in [3.8, 4) is 0 Å². The highest BCUT2D eigenvalue weighted by Crippen LogP contribution is 2.27. The summed E-state index contributed by atoms with van der Waals surface area (Å²) in [5.74, 6) is 0. The lowest BCUT2D eigenvalue weighted by Crippen LogP contribution is -2.55. The Morgan fingerprint density at radius 3 is 0.882 bits per heavy atom. The zero-order valence-corrected chi connectivity index (χ0v) is 14.4. The largest absolute Gasteiger partial charge is 0.708 e. The molecular weight excluding hydrogens is 252 g/mol. The summed E-state index contributed by atoms with van der Waals surface area (Å²) >= 11 is 5.52. The Labute approximate surface area is 113 Å². The molecule has 0 heterocycles. The van der Waals surface area contributed by atoms with E-state index < -0.39 is 7.95 Å². The molecule has 0 amide bonds. The normalized spacial score (nSPS) is 15.2. The first-order valence-electron chi connectivity index (χ1n) is 5.93. The molecule has 0 aromatic carbocycles. The van der Waals surface area contributed by atoms with E-state index in [0.717, 1.165) is 0 Å². The zero-order valence-electron chi connectivity index (χ0n) is 12.6. The molecule has 0 rings (SSSR count). The Kier molecular flexibility index (Phi) is 5.35. The summed E-state index contributed by atoms with van der Waals surface area (Å²) < 4.78 is 17.7. The fraction of sp³-hybridized carbons (Fsp3) is 1.00. The summed E-state index contributed by atoms with van der Waals surface area (Å²) in [6, 6.07) is 0. The van der Waals surface area contributed by atoms with Gasteiger partial charge in [-0.15, -0.1) is 0 Å². The maximum atomic E-state index is 5.89. The molecule has 0 aliphatic rings. The molecule has 104 valence electrons. The molecule has 0 aliphatic heterocycles. The van der Waals surface area contributed by atoms with Crippen LogP contribution in [0.4, 0.5) is 0 Å². The van der Waals surface area contributed by atoms with Gasteiger partial charge in [0.15, 0.2) is 0 Å². The molecule has 0 aromatic rings. The number of hydrogen-bond donors (Lipinski definition) is 0. The quantitative estimate of drug-likeness (QED) is 0.584. The summed E-state index contributed by atoms with van der Waals surface area (Å²) in [5, 5.41) is 0. The van der Waals surface area contributed by atoms with Crippen LogP contribution < -0.4 is 0 Å². The topological polar surface area (TPSA) is 27.7 Å². The second-order valence-corrected chi connectivity index (χ2v) is 10.3. The molecule has 0 aromatic heterocycles. The van der Waals surface area contributed by atoms with E-state index in [1.54, 1.807) is 0 Å². The van der Waals surface area contributed by atoms with Gasteiger partial charge in [-0.1, -0.05) is 0 Å². The highest BCUT2D eigenvalue weighted by atomic mass is 32.3. The van der Waals surface area contributed by atoms with Gasteiger partial charge in [0.2, 0.25) is 0 Å². The van der Waals surface area contributed by atoms with Crippen molar-refractivity contribution in [2.75, 3.05) is 0 Å². The standard InChI is InChI=1S/C12H27O3SSi/c1-10(2,3)13-17(16,14-11(4,5)6)15-12(7,8)9/h1-9H3/q-1. The average Bonchev–Trinajstić information content (AvgIpc) is 1.65. The molecule has 0 saturated heterocycles. The van der Waals surface area contributed by atoms with E-state index in [2.05, 4.69) is 0 Å². The van der Waals surface area contributed by atoms with Crippen LogP contribution >= 0.6 is 0 Å². The van der Waals surface area contributed by atoms with Crippen LogP contribution in [0.5, 0.6) is 0 Å². The lowest BCUT2D eigenvalue weighted by molar-refractivity contribution is -0.0576. The van der Waals surface area contributed by atoms with Crippen LogP contribution in [0, 0.1) is 0 Å². The van der Waals surface area contributed by atoms with E-state index in [9.17, 15) is 0 Å². The summed E-state index contributed by atoms with van der Waals surface area (Å²) in [6.45, 7) is 17.6. The van der Waals surface area contributed by atoms with Crippen molar-refractivity contribution in [2.45, 2.75) is 79.1 Å². The lowest BCUT2D eigenvalue weighted by Gasteiger charge is -2.48. The predicted molar refractivity (Wildman–Crippen MR) is 75.6 cm³/mol. The molecule has 0 spiro atoms. The maximum Gasteiger partial charge on any atom is 0.346 e. The van der Waals surface area contributed by atoms with Gasteiger partial charge in [-0.05, 0) is 62.3 Å². The summed E-state index contributed by atoms with van der Waals surface area (Å²) in [5.41, 5.74) is -1.11. The molecule has 0 radical (unpaired) electrons. The van der Waals surface area contributed by atoms with Crippen LogP contribution in [0.25, 0.3) is 0 Å². The summed E-state index contributed by atoms with van der Waals surface area (Å²) in [7, 11) is -3.07. The van der Waals surface area contributed by atoms with Gasteiger partial charge in [0.25, 0.3) is 0 Å². The van der Waals surface area contributed by atoms with Gasteiger partial charge in [0.1, 0.15) is 0 Å². The minimum atomic E-state index is -3.07. The fourth-order valence-corrected chi connectivity index (χ4v) is 5.81. The smallest absolute Gasteiger partial charge is 0.346 e. The SMILES string of the molecule is CC(C)(C)O[Si]([S-])(OC(C)(C)C)OC(C)(C)C. The fourth-order valence-electron chi connectivity index (χ4n) is 1.19. The second kappa shape index (κ2) is 5.21. The highest BCUT2D eigenvalue weighted by molar-refractivity contribution is 7.94. The van der Waals surface area contributed by atoms with Crippen molar-refractivity contribution >= 4 is 20.0 Å². The van der Waals surface area contributed by atoms with Crippen LogP contribution in [-0.4, -0.2) is 24.8 Å². The third kappa shape index (κ3) is 10.1. The molecule has 0 N–H and O–H groups in total. The molecule has 0 fully saturated rings. The lowest BCUT2D eigenvalue weighted by atomic mass is 10.2. The average molecular weight is 279 g/mol. The van der Waals surface area contributed by atoms with Crippen molar-refractivity contribution < 1.29 is 13.3 Å². The molecule has 17 heavy (non-hydrogen) atoms. The van der Waals surface area contributed by atoms with Crippen molar-refractivity contribution in [3.63, 3.8) is 0 Å². The van der Waals surface area contributed by atoms with Crippen molar-refractivity contribution in [3.05, 3.63) is 0 Å². The second-order valence-electron chi connectivity index (χ2n) is 7.14. The van der Waals surface area contributed by atoms with Gasteiger partial charge in [0, 0.05) is 0 Å². The Hall–Kier alpha value is 0.447. The Morgan fingerprint density at radius 2 is 0.765 bits per heavy atom. The number of rotatable bonds is 3. The maximum absolute atomic E-state index is 5.89. The van der Waals surface area contributed by atoms with Gasteiger partial charge in [0.05, 0.1) is 16.8 Å². The molecule has 0 aliphatic carbocycles. The number of hydrogen-bond acceptors (Lipinski definition) is 4. The minimum absolute atomic E-state index is 0.371. The van der Waals surface area contributed by atoms with E-state index in [1.165, 1.54) is 0 Å². The van der Waals surface area contributed by atoms with Crippen LogP contribution in [-0.2, 0) is 25.4 Å². The third-order valence-electron chi connectivity index (χ3n) is 1.29. The summed E-state index contributed by atoms with van der Waals surface area (Å²) in [4.78, 5) is 0. The van der Waals surface area contributed by atoms with Crippen LogP contribution in [0.15, 0.2) is 0 Å². The van der Waals surface area contributed by atoms with Gasteiger partial charge in [-0.25, -0.2) is 0 Å². The zero-order chi connectivity index (χ0) is 14.1. The van der Waals surface area contributed by atoms with E-state index in [-0.39, 0.29) is 16.8 Å².